The normalized spacial score (nSPS) is 13.3. The van der Waals surface area contributed by atoms with E-state index in [1.54, 1.807) is 30.3 Å². The van der Waals surface area contributed by atoms with Crippen molar-refractivity contribution in [2.24, 2.45) is 0 Å². The molecule has 42 heavy (non-hydrogen) atoms. The summed E-state index contributed by atoms with van der Waals surface area (Å²) in [6.07, 6.45) is -9.59. The minimum atomic E-state index is -5.02. The fourth-order valence-electron chi connectivity index (χ4n) is 4.10. The number of halogens is 8. The summed E-state index contributed by atoms with van der Waals surface area (Å²) in [6.45, 7) is -1.46. The minimum absolute atomic E-state index is 0.0243. The zero-order chi connectivity index (χ0) is 31.3. The highest BCUT2D eigenvalue weighted by molar-refractivity contribution is 5.84. The van der Waals surface area contributed by atoms with Crippen LogP contribution in [0.3, 0.4) is 0 Å². The van der Waals surface area contributed by atoms with Crippen molar-refractivity contribution in [1.82, 2.24) is 15.5 Å². The molecule has 0 unspecified atom stereocenters. The Morgan fingerprint density at radius 3 is 2.05 bits per heavy atom. The highest BCUT2D eigenvalue weighted by Crippen LogP contribution is 2.38. The number of urea groups is 1. The van der Waals surface area contributed by atoms with Crippen molar-refractivity contribution in [3.63, 3.8) is 0 Å². The highest BCUT2D eigenvalue weighted by Gasteiger charge is 2.45. The van der Waals surface area contributed by atoms with Crippen LogP contribution >= 0.6 is 0 Å². The van der Waals surface area contributed by atoms with Gasteiger partial charge in [-0.3, -0.25) is 4.79 Å². The van der Waals surface area contributed by atoms with E-state index in [0.717, 1.165) is 38.4 Å². The van der Waals surface area contributed by atoms with E-state index in [0.29, 0.717) is 16.5 Å². The van der Waals surface area contributed by atoms with E-state index < -0.39 is 59.9 Å². The molecule has 2 N–H and O–H groups in total. The lowest BCUT2D eigenvalue weighted by molar-refractivity contribution is -0.253. The molecule has 0 aliphatic rings. The lowest BCUT2D eigenvalue weighted by atomic mass is 9.77. The number of nitrogens with zero attached hydrogens (tertiary/aromatic N) is 1. The maximum atomic E-state index is 14.8. The molecule has 0 saturated carbocycles. The van der Waals surface area contributed by atoms with Crippen LogP contribution in [-0.4, -0.2) is 55.9 Å². The molecule has 3 amide bonds. The van der Waals surface area contributed by atoms with E-state index >= 15 is 0 Å². The fraction of sp³-hybridized carbons (Fsp3) is 0.286. The van der Waals surface area contributed by atoms with Crippen LogP contribution in [0.5, 0.6) is 5.75 Å². The summed E-state index contributed by atoms with van der Waals surface area (Å²) >= 11 is 0. The summed E-state index contributed by atoms with van der Waals surface area (Å²) in [6, 6.07) is 12.9. The zero-order valence-electron chi connectivity index (χ0n) is 22.1. The van der Waals surface area contributed by atoms with Gasteiger partial charge in [-0.2, -0.15) is 26.3 Å². The van der Waals surface area contributed by atoms with E-state index in [1.165, 1.54) is 12.1 Å². The second-order valence-electron chi connectivity index (χ2n) is 9.43. The molecule has 0 saturated heterocycles. The van der Waals surface area contributed by atoms with Gasteiger partial charge < -0.3 is 20.3 Å². The molecule has 0 aliphatic heterocycles. The topological polar surface area (TPSA) is 70.7 Å². The Labute approximate surface area is 235 Å². The van der Waals surface area contributed by atoms with Crippen LogP contribution in [0.4, 0.5) is 39.9 Å². The molecule has 1 atom stereocenters. The van der Waals surface area contributed by atoms with Crippen molar-refractivity contribution >= 4 is 11.9 Å². The zero-order valence-corrected chi connectivity index (χ0v) is 22.1. The molecule has 0 radical (unpaired) electrons. The van der Waals surface area contributed by atoms with Crippen LogP contribution in [0.25, 0.3) is 0 Å². The van der Waals surface area contributed by atoms with Gasteiger partial charge in [0.1, 0.15) is 17.4 Å². The van der Waals surface area contributed by atoms with E-state index in [4.69, 9.17) is 0 Å². The van der Waals surface area contributed by atoms with E-state index in [1.807, 2.05) is 5.32 Å². The van der Waals surface area contributed by atoms with Crippen molar-refractivity contribution in [2.75, 3.05) is 20.6 Å². The minimum Gasteiger partial charge on any atom is -0.428 e. The molecule has 226 valence electrons. The van der Waals surface area contributed by atoms with Gasteiger partial charge in [-0.25, -0.2) is 13.6 Å². The standard InChI is InChI=1S/C28H25F8N3O3/c1-39(2)24(40)27(33,34)16-37-25(41)38-26(15-17-6-4-3-5-7-17,18-8-10-20(29)11-9-18)19-12-21(30)14-22(13-19)42-28(35,36)23(31)32/h3-14,23H,15-16H2,1-2H3,(H2,37,38,41)/t26-/m1/s1. The van der Waals surface area contributed by atoms with Gasteiger partial charge in [-0.15, -0.1) is 0 Å². The first-order valence-corrected chi connectivity index (χ1v) is 12.2. The molecule has 3 aromatic rings. The third-order valence-electron chi connectivity index (χ3n) is 6.04. The lowest BCUT2D eigenvalue weighted by Gasteiger charge is -2.37. The molecule has 6 nitrogen and oxygen atoms in total. The molecule has 0 fully saturated rings. The summed E-state index contributed by atoms with van der Waals surface area (Å²) in [5.74, 6) is -8.64. The Bertz CT molecular complexity index is 1390. The first kappa shape index (κ1) is 32.2. The van der Waals surface area contributed by atoms with Crippen molar-refractivity contribution < 1.29 is 49.4 Å². The van der Waals surface area contributed by atoms with Crippen molar-refractivity contribution in [3.05, 3.63) is 101 Å². The summed E-state index contributed by atoms with van der Waals surface area (Å²) in [5.41, 5.74) is -1.89. The van der Waals surface area contributed by atoms with E-state index in [2.05, 4.69) is 10.1 Å². The molecule has 0 spiro atoms. The smallest absolute Gasteiger partial charge is 0.428 e. The van der Waals surface area contributed by atoms with E-state index in [-0.39, 0.29) is 17.5 Å². The molecule has 3 aromatic carbocycles. The van der Waals surface area contributed by atoms with Gasteiger partial charge in [0, 0.05) is 26.6 Å². The van der Waals surface area contributed by atoms with Crippen LogP contribution in [0.2, 0.25) is 0 Å². The monoisotopic (exact) mass is 603 g/mol. The van der Waals surface area contributed by atoms with Crippen molar-refractivity contribution in [3.8, 4) is 5.75 Å². The summed E-state index contributed by atoms with van der Waals surface area (Å²) in [4.78, 5) is 25.5. The SMILES string of the molecule is CN(C)C(=O)C(F)(F)CNC(=O)N[C@](Cc1ccccc1)(c1ccc(F)cc1)c1cc(F)cc(OC(F)(F)C(F)F)c1. The molecule has 14 heteroatoms. The molecular formula is C28H25F8N3O3. The fourth-order valence-corrected chi connectivity index (χ4v) is 4.10. The molecule has 0 bridgehead atoms. The number of amides is 3. The van der Waals surface area contributed by atoms with Crippen LogP contribution in [0, 0.1) is 11.6 Å². The predicted molar refractivity (Wildman–Crippen MR) is 135 cm³/mol. The first-order chi connectivity index (χ1) is 19.6. The van der Waals surface area contributed by atoms with Gasteiger partial charge in [0.15, 0.2) is 0 Å². The molecule has 0 heterocycles. The van der Waals surface area contributed by atoms with Gasteiger partial charge in [-0.05, 0) is 41.0 Å². The van der Waals surface area contributed by atoms with Crippen LogP contribution in [0.1, 0.15) is 16.7 Å². The first-order valence-electron chi connectivity index (χ1n) is 12.2. The summed E-state index contributed by atoms with van der Waals surface area (Å²) in [5, 5.41) is 4.29. The molecule has 0 aliphatic carbocycles. The lowest BCUT2D eigenvalue weighted by Crippen LogP contribution is -2.55. The Kier molecular flexibility index (Phi) is 9.69. The number of rotatable bonds is 11. The molecule has 3 rings (SSSR count). The number of nitrogens with one attached hydrogen (secondary N) is 2. The van der Waals surface area contributed by atoms with Crippen molar-refractivity contribution in [1.29, 1.82) is 0 Å². The molecule has 0 aromatic heterocycles. The van der Waals surface area contributed by atoms with Crippen LogP contribution in [-0.2, 0) is 16.8 Å². The van der Waals surface area contributed by atoms with Gasteiger partial charge >= 0.3 is 24.5 Å². The summed E-state index contributed by atoms with van der Waals surface area (Å²) < 4.78 is 115. The Balaban J connectivity index is 2.17. The number of benzene rings is 3. The van der Waals surface area contributed by atoms with Gasteiger partial charge in [0.05, 0.1) is 12.1 Å². The van der Waals surface area contributed by atoms with Crippen LogP contribution < -0.4 is 15.4 Å². The van der Waals surface area contributed by atoms with Gasteiger partial charge in [0.25, 0.3) is 5.91 Å². The maximum absolute atomic E-state index is 14.8. The third-order valence-corrected chi connectivity index (χ3v) is 6.04. The van der Waals surface area contributed by atoms with Crippen molar-refractivity contribution in [2.45, 2.75) is 30.4 Å². The average Bonchev–Trinajstić information content (AvgIpc) is 2.91. The van der Waals surface area contributed by atoms with Gasteiger partial charge in [-0.1, -0.05) is 42.5 Å². The van der Waals surface area contributed by atoms with E-state index in [9.17, 15) is 44.7 Å². The average molecular weight is 604 g/mol. The predicted octanol–water partition coefficient (Wildman–Crippen LogP) is 5.71. The number of alkyl halides is 6. The Morgan fingerprint density at radius 1 is 0.857 bits per heavy atom. The Morgan fingerprint density at radius 2 is 1.48 bits per heavy atom. The summed E-state index contributed by atoms with van der Waals surface area (Å²) in [7, 11) is 2.16. The number of hydrogen-bond donors (Lipinski definition) is 2. The molecular weight excluding hydrogens is 578 g/mol. The second-order valence-corrected chi connectivity index (χ2v) is 9.43. The largest absolute Gasteiger partial charge is 0.461 e. The quantitative estimate of drug-likeness (QED) is 0.276. The third kappa shape index (κ3) is 7.68. The maximum Gasteiger partial charge on any atom is 0.461 e. The second kappa shape index (κ2) is 12.7. The Hall–Kier alpha value is -4.36. The number of carbonyl (C=O) groups is 2. The van der Waals surface area contributed by atoms with Gasteiger partial charge in [0.2, 0.25) is 0 Å². The van der Waals surface area contributed by atoms with Crippen LogP contribution in [0.15, 0.2) is 72.8 Å². The highest BCUT2D eigenvalue weighted by atomic mass is 19.3. The number of hydrogen-bond acceptors (Lipinski definition) is 3. The number of ether oxygens (including phenoxy) is 1. The number of carbonyl (C=O) groups excluding carboxylic acids is 2.